The monoisotopic (exact) mass is 298 g/mol. The molecule has 0 aromatic rings. The lowest BCUT2D eigenvalue weighted by Crippen LogP contribution is -2.52. The molecule has 0 spiro atoms. The highest BCUT2D eigenvalue weighted by molar-refractivity contribution is 5.68. The van der Waals surface area contributed by atoms with Crippen LogP contribution >= 0.6 is 0 Å². The second-order valence-electron chi connectivity index (χ2n) is 7.24. The number of rotatable bonds is 7. The van der Waals surface area contributed by atoms with E-state index in [0.717, 1.165) is 26.0 Å². The molecular weight excluding hydrogens is 268 g/mol. The van der Waals surface area contributed by atoms with Crippen LogP contribution in [-0.2, 0) is 9.47 Å². The molecule has 0 saturated heterocycles. The van der Waals surface area contributed by atoms with Crippen molar-refractivity contribution in [2.24, 2.45) is 5.92 Å². The Labute approximate surface area is 128 Å². The molecule has 2 fully saturated rings. The lowest BCUT2D eigenvalue weighted by molar-refractivity contribution is -0.0105. The zero-order chi connectivity index (χ0) is 15.5. The number of carbonyl (C=O) groups is 1. The summed E-state index contributed by atoms with van der Waals surface area (Å²) in [4.78, 5) is 11.9. The summed E-state index contributed by atoms with van der Waals surface area (Å²) in [6, 6.07) is 0.717. The molecule has 1 unspecified atom stereocenters. The van der Waals surface area contributed by atoms with Crippen LogP contribution < -0.4 is 10.6 Å². The molecule has 0 aromatic carbocycles. The topological polar surface area (TPSA) is 59.6 Å². The van der Waals surface area contributed by atoms with Gasteiger partial charge < -0.3 is 20.1 Å². The fraction of sp³-hybridized carbons (Fsp3) is 0.938. The predicted molar refractivity (Wildman–Crippen MR) is 82.3 cm³/mol. The molecule has 122 valence electrons. The first-order chi connectivity index (χ1) is 9.87. The van der Waals surface area contributed by atoms with Gasteiger partial charge in [0, 0.05) is 25.2 Å². The Kier molecular flexibility index (Phi) is 5.49. The molecule has 0 heterocycles. The minimum atomic E-state index is -0.440. The van der Waals surface area contributed by atoms with E-state index in [0.29, 0.717) is 18.1 Å². The number of hydrogen-bond acceptors (Lipinski definition) is 4. The Morgan fingerprint density at radius 3 is 2.48 bits per heavy atom. The standard InChI is InChI=1S/C16H30N2O3/c1-5-20-13-8-12(9-13)17-10-14(11-6-7-11)18-15(19)21-16(2,3)4/h11-14,17H,5-10H2,1-4H3,(H,18,19). The average molecular weight is 298 g/mol. The molecule has 1 amide bonds. The van der Waals surface area contributed by atoms with Gasteiger partial charge in [-0.15, -0.1) is 0 Å². The van der Waals surface area contributed by atoms with E-state index in [4.69, 9.17) is 9.47 Å². The van der Waals surface area contributed by atoms with Gasteiger partial charge in [0.05, 0.1) is 6.10 Å². The first-order valence-corrected chi connectivity index (χ1v) is 8.22. The Morgan fingerprint density at radius 2 is 1.95 bits per heavy atom. The van der Waals surface area contributed by atoms with Gasteiger partial charge in [-0.3, -0.25) is 0 Å². The molecule has 21 heavy (non-hydrogen) atoms. The summed E-state index contributed by atoms with van der Waals surface area (Å²) in [5, 5.41) is 6.57. The molecule has 0 radical (unpaired) electrons. The number of alkyl carbamates (subject to hydrolysis) is 1. The third-order valence-electron chi connectivity index (χ3n) is 4.02. The van der Waals surface area contributed by atoms with Gasteiger partial charge in [-0.1, -0.05) is 0 Å². The van der Waals surface area contributed by atoms with Crippen molar-refractivity contribution in [1.82, 2.24) is 10.6 Å². The summed E-state index contributed by atoms with van der Waals surface area (Å²) < 4.78 is 10.9. The van der Waals surface area contributed by atoms with Gasteiger partial charge in [-0.2, -0.15) is 0 Å². The number of hydrogen-bond donors (Lipinski definition) is 2. The lowest BCUT2D eigenvalue weighted by Gasteiger charge is -2.36. The molecule has 2 saturated carbocycles. The van der Waals surface area contributed by atoms with Crippen LogP contribution in [0.3, 0.4) is 0 Å². The van der Waals surface area contributed by atoms with Gasteiger partial charge in [0.15, 0.2) is 0 Å². The van der Waals surface area contributed by atoms with Gasteiger partial charge in [0.2, 0.25) is 0 Å². The second-order valence-corrected chi connectivity index (χ2v) is 7.24. The van der Waals surface area contributed by atoms with Crippen LogP contribution in [0.15, 0.2) is 0 Å². The molecule has 2 aliphatic carbocycles. The van der Waals surface area contributed by atoms with Crippen LogP contribution in [0.25, 0.3) is 0 Å². The Hall–Kier alpha value is -0.810. The van der Waals surface area contributed by atoms with E-state index in [-0.39, 0.29) is 12.1 Å². The predicted octanol–water partition coefficient (Wildman–Crippen LogP) is 2.45. The molecule has 2 aliphatic rings. The van der Waals surface area contributed by atoms with E-state index >= 15 is 0 Å². The number of amides is 1. The highest BCUT2D eigenvalue weighted by Gasteiger charge is 2.35. The Balaban J connectivity index is 1.67. The zero-order valence-corrected chi connectivity index (χ0v) is 13.8. The Morgan fingerprint density at radius 1 is 1.29 bits per heavy atom. The van der Waals surface area contributed by atoms with E-state index in [1.807, 2.05) is 27.7 Å². The van der Waals surface area contributed by atoms with Crippen molar-refractivity contribution in [3.05, 3.63) is 0 Å². The van der Waals surface area contributed by atoms with Crippen LogP contribution in [0, 0.1) is 5.92 Å². The van der Waals surface area contributed by atoms with Crippen molar-refractivity contribution >= 4 is 6.09 Å². The largest absolute Gasteiger partial charge is 0.444 e. The van der Waals surface area contributed by atoms with E-state index in [9.17, 15) is 4.79 Å². The van der Waals surface area contributed by atoms with Crippen molar-refractivity contribution in [3.63, 3.8) is 0 Å². The molecule has 0 aliphatic heterocycles. The molecule has 2 N–H and O–H groups in total. The van der Waals surface area contributed by atoms with Gasteiger partial charge in [-0.05, 0) is 59.3 Å². The van der Waals surface area contributed by atoms with Crippen LogP contribution in [0.1, 0.15) is 53.4 Å². The first-order valence-electron chi connectivity index (χ1n) is 8.22. The number of ether oxygens (including phenoxy) is 2. The van der Waals surface area contributed by atoms with E-state index in [1.165, 1.54) is 12.8 Å². The number of nitrogens with one attached hydrogen (secondary N) is 2. The minimum absolute atomic E-state index is 0.186. The first kappa shape index (κ1) is 16.6. The summed E-state index contributed by atoms with van der Waals surface area (Å²) in [6.45, 7) is 9.32. The van der Waals surface area contributed by atoms with Crippen molar-refractivity contribution in [1.29, 1.82) is 0 Å². The van der Waals surface area contributed by atoms with Crippen LogP contribution in [0.4, 0.5) is 4.79 Å². The van der Waals surface area contributed by atoms with Crippen LogP contribution in [0.5, 0.6) is 0 Å². The highest BCUT2D eigenvalue weighted by Crippen LogP contribution is 2.33. The lowest BCUT2D eigenvalue weighted by atomic mass is 9.89. The molecule has 1 atom stereocenters. The summed E-state index contributed by atoms with van der Waals surface area (Å²) >= 11 is 0. The molecule has 0 bridgehead atoms. The van der Waals surface area contributed by atoms with Crippen molar-refractivity contribution in [2.45, 2.75) is 77.2 Å². The second kappa shape index (κ2) is 6.97. The van der Waals surface area contributed by atoms with E-state index in [1.54, 1.807) is 0 Å². The molecule has 0 aromatic heterocycles. The fourth-order valence-corrected chi connectivity index (χ4v) is 2.69. The quantitative estimate of drug-likeness (QED) is 0.758. The van der Waals surface area contributed by atoms with Gasteiger partial charge in [0.1, 0.15) is 5.60 Å². The van der Waals surface area contributed by atoms with Crippen LogP contribution in [0.2, 0.25) is 0 Å². The smallest absolute Gasteiger partial charge is 0.407 e. The maximum Gasteiger partial charge on any atom is 0.407 e. The Bertz CT molecular complexity index is 344. The molecular formula is C16H30N2O3. The fourth-order valence-electron chi connectivity index (χ4n) is 2.69. The minimum Gasteiger partial charge on any atom is -0.444 e. The van der Waals surface area contributed by atoms with E-state index < -0.39 is 5.60 Å². The maximum atomic E-state index is 11.9. The summed E-state index contributed by atoms with van der Waals surface area (Å²) in [5.41, 5.74) is -0.440. The van der Waals surface area contributed by atoms with Crippen LogP contribution in [-0.4, -0.2) is 43.0 Å². The number of carbonyl (C=O) groups excluding carboxylic acids is 1. The molecule has 5 heteroatoms. The third kappa shape index (κ3) is 5.83. The SMILES string of the molecule is CCOC1CC(NCC(NC(=O)OC(C)(C)C)C2CC2)C1. The summed E-state index contributed by atoms with van der Waals surface area (Å²) in [7, 11) is 0. The normalized spacial score (nSPS) is 26.9. The van der Waals surface area contributed by atoms with E-state index in [2.05, 4.69) is 10.6 Å². The van der Waals surface area contributed by atoms with Gasteiger partial charge in [0.25, 0.3) is 0 Å². The third-order valence-corrected chi connectivity index (χ3v) is 4.02. The molecule has 2 rings (SSSR count). The van der Waals surface area contributed by atoms with Crippen molar-refractivity contribution in [2.75, 3.05) is 13.2 Å². The maximum absolute atomic E-state index is 11.9. The zero-order valence-electron chi connectivity index (χ0n) is 13.8. The summed E-state index contributed by atoms with van der Waals surface area (Å²) in [5.74, 6) is 0.604. The highest BCUT2D eigenvalue weighted by atomic mass is 16.6. The average Bonchev–Trinajstić information content (AvgIpc) is 3.11. The van der Waals surface area contributed by atoms with Crippen molar-refractivity contribution < 1.29 is 14.3 Å². The van der Waals surface area contributed by atoms with Gasteiger partial charge >= 0.3 is 6.09 Å². The summed E-state index contributed by atoms with van der Waals surface area (Å²) in [6.07, 6.45) is 4.69. The van der Waals surface area contributed by atoms with Crippen molar-refractivity contribution in [3.8, 4) is 0 Å². The molecule has 5 nitrogen and oxygen atoms in total. The van der Waals surface area contributed by atoms with Gasteiger partial charge in [-0.25, -0.2) is 4.79 Å².